The minimum atomic E-state index is -1.89. The molecule has 0 aromatic carbocycles. The molecule has 2 aliphatic heterocycles. The lowest BCUT2D eigenvalue weighted by Gasteiger charge is -2.39. The molecule has 0 bridgehead atoms. The zero-order valence-electron chi connectivity index (χ0n) is 23.5. The van der Waals surface area contributed by atoms with Crippen molar-refractivity contribution in [3.05, 3.63) is 0 Å². The Balaban J connectivity index is 1.59. The van der Waals surface area contributed by atoms with Crippen LogP contribution in [0.4, 0.5) is 0 Å². The molecule has 12 heteroatoms. The lowest BCUT2D eigenvalue weighted by molar-refractivity contribution is -0.305. The van der Waals surface area contributed by atoms with E-state index in [0.29, 0.717) is 6.42 Å². The minimum absolute atomic E-state index is 0.172. The zero-order chi connectivity index (χ0) is 29.5. The molecule has 8 atom stereocenters. The van der Waals surface area contributed by atoms with Gasteiger partial charge in [-0.25, -0.2) is 4.79 Å². The second-order valence-electron chi connectivity index (χ2n) is 10.7. The van der Waals surface area contributed by atoms with Crippen molar-refractivity contribution >= 4 is 17.7 Å². The van der Waals surface area contributed by atoms with Crippen molar-refractivity contribution in [2.24, 2.45) is 0 Å². The van der Waals surface area contributed by atoms with Gasteiger partial charge in [0.25, 0.3) is 0 Å². The van der Waals surface area contributed by atoms with Crippen molar-refractivity contribution in [2.75, 3.05) is 13.2 Å². The Morgan fingerprint density at radius 2 is 1.40 bits per heavy atom. The molecule has 2 saturated heterocycles. The van der Waals surface area contributed by atoms with Crippen LogP contribution in [0.25, 0.3) is 0 Å². The van der Waals surface area contributed by atoms with Crippen LogP contribution in [-0.2, 0) is 33.3 Å². The molecule has 0 aromatic heterocycles. The van der Waals surface area contributed by atoms with Crippen molar-refractivity contribution in [1.82, 2.24) is 0 Å². The van der Waals surface area contributed by atoms with Gasteiger partial charge in [-0.1, -0.05) is 84.0 Å². The zero-order valence-corrected chi connectivity index (χ0v) is 23.5. The number of carbonyl (C=O) groups is 3. The van der Waals surface area contributed by atoms with Gasteiger partial charge in [0, 0.05) is 6.42 Å². The van der Waals surface area contributed by atoms with Gasteiger partial charge in [0.1, 0.15) is 37.1 Å². The van der Waals surface area contributed by atoms with E-state index in [9.17, 15) is 39.9 Å². The van der Waals surface area contributed by atoms with E-state index in [4.69, 9.17) is 18.9 Å². The van der Waals surface area contributed by atoms with E-state index in [1.54, 1.807) is 0 Å². The largest absolute Gasteiger partial charge is 0.463 e. The lowest BCUT2D eigenvalue weighted by Crippen LogP contribution is -2.60. The fraction of sp³-hybridized carbons (Fsp3) is 0.893. The molecule has 0 radical (unpaired) electrons. The molecule has 2 fully saturated rings. The maximum absolute atomic E-state index is 12.6. The summed E-state index contributed by atoms with van der Waals surface area (Å²) in [5, 5.41) is 49.3. The number of unbranched alkanes of at least 4 members (excludes halogenated alkanes) is 12. The van der Waals surface area contributed by atoms with Gasteiger partial charge in [0.05, 0.1) is 6.61 Å². The highest BCUT2D eigenvalue weighted by Crippen LogP contribution is 2.26. The maximum Gasteiger partial charge on any atom is 0.344 e. The van der Waals surface area contributed by atoms with Crippen LogP contribution in [0.3, 0.4) is 0 Å². The normalized spacial score (nSPS) is 29.4. The smallest absolute Gasteiger partial charge is 0.344 e. The summed E-state index contributed by atoms with van der Waals surface area (Å²) in [7, 11) is 0. The Kier molecular flexibility index (Phi) is 16.1. The van der Waals surface area contributed by atoms with Gasteiger partial charge in [-0.05, 0) is 6.42 Å². The standard InChI is InChI=1S/C28H48O12/c1-2-3-4-5-6-7-8-9-10-11-12-13-14-15-20(31)37-17-18(30)25-24(35)26(27(36)39-25)40-28-23(34)22(33)21(32)19(16-29)38-28/h18-19,21-23,25-26,28-30,32-34H,2-17H2,1H3/t18-,19+,21+,22-,23+,25+,26?,28?/m0/s1. The summed E-state index contributed by atoms with van der Waals surface area (Å²) in [6, 6.07) is 0. The summed E-state index contributed by atoms with van der Waals surface area (Å²) in [4.78, 5) is 36.8. The van der Waals surface area contributed by atoms with Crippen LogP contribution in [0.5, 0.6) is 0 Å². The second-order valence-corrected chi connectivity index (χ2v) is 10.7. The highest BCUT2D eigenvalue weighted by Gasteiger charge is 2.52. The van der Waals surface area contributed by atoms with Crippen molar-refractivity contribution in [2.45, 2.75) is 146 Å². The second kappa shape index (κ2) is 18.7. The molecule has 232 valence electrons. The van der Waals surface area contributed by atoms with Crippen LogP contribution in [-0.4, -0.2) is 105 Å². The SMILES string of the molecule is CCCCCCCCCCCCCCCC(=O)OC[C@H](O)[C@H]1OC(=O)C(OC2O[C@H](CO)[C@@H](O)[C@H](O)[C@H]2O)C1=O. The first-order chi connectivity index (χ1) is 19.2. The first kappa shape index (κ1) is 34.5. The molecule has 12 nitrogen and oxygen atoms in total. The van der Waals surface area contributed by atoms with E-state index in [2.05, 4.69) is 6.92 Å². The molecule has 2 unspecified atom stereocenters. The molecule has 2 aliphatic rings. The van der Waals surface area contributed by atoms with Crippen molar-refractivity contribution < 1.29 is 58.9 Å². The Bertz CT molecular complexity index is 760. The molecule has 40 heavy (non-hydrogen) atoms. The summed E-state index contributed by atoms with van der Waals surface area (Å²) in [5.74, 6) is -2.68. The van der Waals surface area contributed by atoms with E-state index in [-0.39, 0.29) is 6.42 Å². The molecular formula is C28H48O12. The molecule has 2 heterocycles. The Morgan fingerprint density at radius 3 is 1.95 bits per heavy atom. The van der Waals surface area contributed by atoms with Crippen LogP contribution in [0.15, 0.2) is 0 Å². The predicted molar refractivity (Wildman–Crippen MR) is 141 cm³/mol. The summed E-state index contributed by atoms with van der Waals surface area (Å²) < 4.78 is 20.2. The molecule has 0 saturated carbocycles. The van der Waals surface area contributed by atoms with E-state index in [0.717, 1.165) is 19.3 Å². The number of ketones is 1. The number of hydrogen-bond donors (Lipinski definition) is 5. The van der Waals surface area contributed by atoms with E-state index in [1.165, 1.54) is 57.8 Å². The van der Waals surface area contributed by atoms with Gasteiger partial charge in [0.15, 0.2) is 12.4 Å². The predicted octanol–water partition coefficient (Wildman–Crippen LogP) is 1.05. The fourth-order valence-electron chi connectivity index (χ4n) is 4.84. The molecule has 0 aliphatic carbocycles. The van der Waals surface area contributed by atoms with Crippen LogP contribution in [0.1, 0.15) is 96.8 Å². The van der Waals surface area contributed by atoms with Gasteiger partial charge >= 0.3 is 11.9 Å². The number of ether oxygens (including phenoxy) is 4. The van der Waals surface area contributed by atoms with Crippen LogP contribution < -0.4 is 0 Å². The highest BCUT2D eigenvalue weighted by molar-refractivity contribution is 6.09. The van der Waals surface area contributed by atoms with Crippen LogP contribution in [0, 0.1) is 0 Å². The van der Waals surface area contributed by atoms with Gasteiger partial charge in [-0.15, -0.1) is 0 Å². The number of esters is 2. The van der Waals surface area contributed by atoms with Crippen LogP contribution in [0.2, 0.25) is 0 Å². The van der Waals surface area contributed by atoms with E-state index >= 15 is 0 Å². The monoisotopic (exact) mass is 576 g/mol. The average Bonchev–Trinajstić information content (AvgIpc) is 3.22. The molecular weight excluding hydrogens is 528 g/mol. The Labute approximate surface area is 235 Å². The van der Waals surface area contributed by atoms with E-state index < -0.39 is 80.0 Å². The van der Waals surface area contributed by atoms with Gasteiger partial charge in [0.2, 0.25) is 11.9 Å². The third-order valence-electron chi connectivity index (χ3n) is 7.36. The van der Waals surface area contributed by atoms with Gasteiger partial charge < -0.3 is 44.5 Å². The summed E-state index contributed by atoms with van der Waals surface area (Å²) in [5.41, 5.74) is 0. The average molecular weight is 577 g/mol. The number of Topliss-reactive ketones (excluding diaryl/α,β-unsaturated/α-hetero) is 1. The minimum Gasteiger partial charge on any atom is -0.463 e. The fourth-order valence-corrected chi connectivity index (χ4v) is 4.84. The quantitative estimate of drug-likeness (QED) is 0.0788. The van der Waals surface area contributed by atoms with E-state index in [1.807, 2.05) is 0 Å². The number of hydrogen-bond acceptors (Lipinski definition) is 12. The lowest BCUT2D eigenvalue weighted by atomic mass is 9.99. The van der Waals surface area contributed by atoms with Gasteiger partial charge in [-0.2, -0.15) is 0 Å². The molecule has 2 rings (SSSR count). The summed E-state index contributed by atoms with van der Waals surface area (Å²) in [6.45, 7) is 0.939. The van der Waals surface area contributed by atoms with Crippen LogP contribution >= 0.6 is 0 Å². The number of aliphatic hydroxyl groups excluding tert-OH is 5. The number of rotatable bonds is 20. The highest BCUT2D eigenvalue weighted by atomic mass is 16.7. The molecule has 0 aromatic rings. The van der Waals surface area contributed by atoms with Crippen molar-refractivity contribution in [3.8, 4) is 0 Å². The third kappa shape index (κ3) is 11.0. The first-order valence-electron chi connectivity index (χ1n) is 14.7. The molecule has 0 spiro atoms. The molecule has 0 amide bonds. The number of cyclic esters (lactones) is 1. The molecule has 5 N–H and O–H groups in total. The summed E-state index contributed by atoms with van der Waals surface area (Å²) in [6.07, 6.45) is 2.07. The number of aliphatic hydroxyl groups is 5. The Hall–Kier alpha value is -1.67. The van der Waals surface area contributed by atoms with Crippen molar-refractivity contribution in [3.63, 3.8) is 0 Å². The van der Waals surface area contributed by atoms with Crippen molar-refractivity contribution in [1.29, 1.82) is 0 Å². The van der Waals surface area contributed by atoms with Gasteiger partial charge in [-0.3, -0.25) is 9.59 Å². The summed E-state index contributed by atoms with van der Waals surface area (Å²) >= 11 is 0. The maximum atomic E-state index is 12.6. The third-order valence-corrected chi connectivity index (χ3v) is 7.36. The Morgan fingerprint density at radius 1 is 0.850 bits per heavy atom. The number of carbonyl (C=O) groups excluding carboxylic acids is 3. The first-order valence-corrected chi connectivity index (χ1v) is 14.7. The topological polar surface area (TPSA) is 189 Å².